The number of hydrogen-bond donors (Lipinski definition) is 1. The highest BCUT2D eigenvalue weighted by molar-refractivity contribution is 5.25. The van der Waals surface area contributed by atoms with E-state index in [0.717, 1.165) is 12.5 Å². The number of piperidine rings is 1. The third kappa shape index (κ3) is 4.11. The zero-order valence-corrected chi connectivity index (χ0v) is 11.8. The van der Waals surface area contributed by atoms with Gasteiger partial charge in [-0.15, -0.1) is 0 Å². The third-order valence-electron chi connectivity index (χ3n) is 4.02. The van der Waals surface area contributed by atoms with E-state index in [2.05, 4.69) is 48.5 Å². The number of nitrogens with zero attached hydrogens (tertiary/aromatic N) is 1. The van der Waals surface area contributed by atoms with Gasteiger partial charge in [0.25, 0.3) is 0 Å². The van der Waals surface area contributed by atoms with Gasteiger partial charge < -0.3 is 10.2 Å². The van der Waals surface area contributed by atoms with E-state index in [4.69, 9.17) is 0 Å². The number of hydrogen-bond acceptors (Lipinski definition) is 2. The summed E-state index contributed by atoms with van der Waals surface area (Å²) in [7, 11) is 2.24. The monoisotopic (exact) mass is 246 g/mol. The van der Waals surface area contributed by atoms with Crippen LogP contribution in [0.5, 0.6) is 0 Å². The molecule has 1 aromatic rings. The second-order valence-corrected chi connectivity index (χ2v) is 5.67. The van der Waals surface area contributed by atoms with Crippen LogP contribution in [0.15, 0.2) is 24.3 Å². The summed E-state index contributed by atoms with van der Waals surface area (Å²) in [5, 5.41) is 3.50. The second kappa shape index (κ2) is 6.91. The molecule has 0 amide bonds. The Bertz CT molecular complexity index is 356. The first-order valence-corrected chi connectivity index (χ1v) is 7.19. The lowest BCUT2D eigenvalue weighted by Gasteiger charge is -2.25. The molecule has 2 heteroatoms. The number of benzene rings is 1. The van der Waals surface area contributed by atoms with Crippen LogP contribution in [0, 0.1) is 12.8 Å². The van der Waals surface area contributed by atoms with Crippen LogP contribution in [-0.2, 0) is 6.54 Å². The van der Waals surface area contributed by atoms with Gasteiger partial charge in [-0.3, -0.25) is 0 Å². The smallest absolute Gasteiger partial charge is 0.0233 e. The van der Waals surface area contributed by atoms with E-state index in [1.807, 2.05) is 0 Å². The van der Waals surface area contributed by atoms with Gasteiger partial charge in [-0.2, -0.15) is 0 Å². The molecule has 1 saturated heterocycles. The molecular weight excluding hydrogens is 220 g/mol. The van der Waals surface area contributed by atoms with Crippen molar-refractivity contribution < 1.29 is 0 Å². The van der Waals surface area contributed by atoms with Gasteiger partial charge in [0, 0.05) is 6.54 Å². The molecule has 0 aliphatic carbocycles. The Morgan fingerprint density at radius 1 is 1.33 bits per heavy atom. The molecule has 0 radical (unpaired) electrons. The zero-order chi connectivity index (χ0) is 12.8. The maximum absolute atomic E-state index is 3.50. The molecule has 18 heavy (non-hydrogen) atoms. The van der Waals surface area contributed by atoms with E-state index in [1.54, 1.807) is 0 Å². The van der Waals surface area contributed by atoms with Gasteiger partial charge >= 0.3 is 0 Å². The summed E-state index contributed by atoms with van der Waals surface area (Å²) in [6.45, 7) is 6.93. The van der Waals surface area contributed by atoms with Crippen LogP contribution in [-0.4, -0.2) is 31.6 Å². The molecule has 0 spiro atoms. The van der Waals surface area contributed by atoms with Crippen LogP contribution in [0.4, 0.5) is 0 Å². The molecule has 1 atom stereocenters. The predicted molar refractivity (Wildman–Crippen MR) is 77.7 cm³/mol. The fourth-order valence-corrected chi connectivity index (χ4v) is 2.73. The van der Waals surface area contributed by atoms with Crippen molar-refractivity contribution >= 4 is 0 Å². The molecule has 1 unspecified atom stereocenters. The SMILES string of the molecule is Cc1ccccc1CN(C)CCC1CCCNC1. The van der Waals surface area contributed by atoms with Crippen molar-refractivity contribution in [2.24, 2.45) is 5.92 Å². The lowest BCUT2D eigenvalue weighted by molar-refractivity contribution is 0.268. The summed E-state index contributed by atoms with van der Waals surface area (Å²) >= 11 is 0. The van der Waals surface area contributed by atoms with Crippen molar-refractivity contribution in [3.05, 3.63) is 35.4 Å². The lowest BCUT2D eigenvalue weighted by Crippen LogP contribution is -2.32. The maximum Gasteiger partial charge on any atom is 0.0233 e. The fraction of sp³-hybridized carbons (Fsp3) is 0.625. The van der Waals surface area contributed by atoms with Gasteiger partial charge in [-0.25, -0.2) is 0 Å². The van der Waals surface area contributed by atoms with E-state index in [9.17, 15) is 0 Å². The van der Waals surface area contributed by atoms with Crippen molar-refractivity contribution in [2.75, 3.05) is 26.7 Å². The molecule has 1 aromatic carbocycles. The Balaban J connectivity index is 1.74. The highest BCUT2D eigenvalue weighted by Crippen LogP contribution is 2.15. The van der Waals surface area contributed by atoms with E-state index < -0.39 is 0 Å². The minimum absolute atomic E-state index is 0.887. The lowest BCUT2D eigenvalue weighted by atomic mass is 9.96. The normalized spacial score (nSPS) is 20.3. The number of aryl methyl sites for hydroxylation is 1. The Morgan fingerprint density at radius 2 is 2.17 bits per heavy atom. The van der Waals surface area contributed by atoms with Crippen LogP contribution < -0.4 is 5.32 Å². The first-order chi connectivity index (χ1) is 8.75. The zero-order valence-electron chi connectivity index (χ0n) is 11.8. The van der Waals surface area contributed by atoms with Gasteiger partial charge in [0.15, 0.2) is 0 Å². The molecule has 0 aromatic heterocycles. The second-order valence-electron chi connectivity index (χ2n) is 5.67. The van der Waals surface area contributed by atoms with Gasteiger partial charge in [0.1, 0.15) is 0 Å². The summed E-state index contributed by atoms with van der Waals surface area (Å²) in [5.41, 5.74) is 2.87. The van der Waals surface area contributed by atoms with Crippen molar-refractivity contribution in [1.29, 1.82) is 0 Å². The minimum atomic E-state index is 0.887. The van der Waals surface area contributed by atoms with Crippen molar-refractivity contribution in [1.82, 2.24) is 10.2 Å². The summed E-state index contributed by atoms with van der Waals surface area (Å²) in [4.78, 5) is 2.46. The molecular formula is C16H26N2. The molecule has 2 rings (SSSR count). The maximum atomic E-state index is 3.50. The quantitative estimate of drug-likeness (QED) is 0.859. The predicted octanol–water partition coefficient (Wildman–Crippen LogP) is 2.82. The van der Waals surface area contributed by atoms with Crippen LogP contribution in [0.1, 0.15) is 30.4 Å². The highest BCUT2D eigenvalue weighted by Gasteiger charge is 2.13. The summed E-state index contributed by atoms with van der Waals surface area (Å²) in [6.07, 6.45) is 4.09. The largest absolute Gasteiger partial charge is 0.316 e. The Morgan fingerprint density at radius 3 is 2.89 bits per heavy atom. The number of nitrogens with one attached hydrogen (secondary N) is 1. The molecule has 0 saturated carbocycles. The molecule has 1 N–H and O–H groups in total. The van der Waals surface area contributed by atoms with E-state index >= 15 is 0 Å². The molecule has 1 aliphatic rings. The Kier molecular flexibility index (Phi) is 5.21. The molecule has 1 fully saturated rings. The van der Waals surface area contributed by atoms with Crippen LogP contribution >= 0.6 is 0 Å². The summed E-state index contributed by atoms with van der Waals surface area (Å²) in [5.74, 6) is 0.887. The summed E-state index contributed by atoms with van der Waals surface area (Å²) < 4.78 is 0. The molecule has 1 heterocycles. The Hall–Kier alpha value is -0.860. The number of rotatable bonds is 5. The standard InChI is InChI=1S/C16H26N2/c1-14-6-3-4-8-16(14)13-18(2)11-9-15-7-5-10-17-12-15/h3-4,6,8,15,17H,5,7,9-13H2,1-2H3. The highest BCUT2D eigenvalue weighted by atomic mass is 15.1. The van der Waals surface area contributed by atoms with Crippen molar-refractivity contribution in [2.45, 2.75) is 32.7 Å². The van der Waals surface area contributed by atoms with Gasteiger partial charge in [-0.05, 0) is 69.9 Å². The van der Waals surface area contributed by atoms with Crippen LogP contribution in [0.25, 0.3) is 0 Å². The average Bonchev–Trinajstić information content (AvgIpc) is 2.40. The van der Waals surface area contributed by atoms with E-state index in [0.29, 0.717) is 0 Å². The molecule has 100 valence electrons. The fourth-order valence-electron chi connectivity index (χ4n) is 2.73. The molecule has 0 bridgehead atoms. The van der Waals surface area contributed by atoms with Crippen LogP contribution in [0.2, 0.25) is 0 Å². The minimum Gasteiger partial charge on any atom is -0.316 e. The first-order valence-electron chi connectivity index (χ1n) is 7.19. The molecule has 1 aliphatic heterocycles. The average molecular weight is 246 g/mol. The van der Waals surface area contributed by atoms with Crippen LogP contribution in [0.3, 0.4) is 0 Å². The molecule has 2 nitrogen and oxygen atoms in total. The first kappa shape index (κ1) is 13.6. The van der Waals surface area contributed by atoms with Gasteiger partial charge in [0.05, 0.1) is 0 Å². The van der Waals surface area contributed by atoms with E-state index in [-0.39, 0.29) is 0 Å². The van der Waals surface area contributed by atoms with Gasteiger partial charge in [0.2, 0.25) is 0 Å². The van der Waals surface area contributed by atoms with Crippen molar-refractivity contribution in [3.8, 4) is 0 Å². The topological polar surface area (TPSA) is 15.3 Å². The van der Waals surface area contributed by atoms with E-state index in [1.165, 1.54) is 50.0 Å². The Labute approximate surface area is 111 Å². The summed E-state index contributed by atoms with van der Waals surface area (Å²) in [6, 6.07) is 8.70. The third-order valence-corrected chi connectivity index (χ3v) is 4.02. The van der Waals surface area contributed by atoms with Crippen molar-refractivity contribution in [3.63, 3.8) is 0 Å². The van der Waals surface area contributed by atoms with Gasteiger partial charge in [-0.1, -0.05) is 24.3 Å².